The Morgan fingerprint density at radius 3 is 2.28 bits per heavy atom. The molecule has 162 valence electrons. The Balaban J connectivity index is 1.47. The highest BCUT2D eigenvalue weighted by atomic mass is 35.5. The molecule has 1 aliphatic heterocycles. The maximum atomic E-state index is 12.9. The quantitative estimate of drug-likeness (QED) is 0.584. The molecule has 4 rings (SSSR count). The van der Waals surface area contributed by atoms with Crippen LogP contribution in [0.5, 0.6) is 0 Å². The Morgan fingerprint density at radius 2 is 1.56 bits per heavy atom. The minimum Gasteiger partial charge on any atom is -0.325 e. The van der Waals surface area contributed by atoms with E-state index in [1.54, 1.807) is 53.4 Å². The highest BCUT2D eigenvalue weighted by Crippen LogP contribution is 2.28. The van der Waals surface area contributed by atoms with Crippen molar-refractivity contribution in [2.45, 2.75) is 13.3 Å². The van der Waals surface area contributed by atoms with Crippen molar-refractivity contribution in [3.8, 4) is 0 Å². The van der Waals surface area contributed by atoms with Crippen LogP contribution in [-0.4, -0.2) is 24.3 Å². The zero-order chi connectivity index (χ0) is 22.7. The molecule has 0 saturated carbocycles. The molecule has 2 N–H and O–H groups in total. The molecule has 1 aliphatic rings. The molecule has 1 atom stereocenters. The largest absolute Gasteiger partial charge is 0.325 e. The number of anilines is 3. The smallest absolute Gasteiger partial charge is 0.257 e. The number of halogens is 1. The van der Waals surface area contributed by atoms with Crippen LogP contribution in [-0.2, 0) is 9.59 Å². The molecule has 6 nitrogen and oxygen atoms in total. The van der Waals surface area contributed by atoms with Crippen LogP contribution in [0.1, 0.15) is 22.3 Å². The van der Waals surface area contributed by atoms with Crippen molar-refractivity contribution in [2.75, 3.05) is 22.1 Å². The first-order valence-corrected chi connectivity index (χ1v) is 10.6. The van der Waals surface area contributed by atoms with E-state index in [2.05, 4.69) is 10.6 Å². The Morgan fingerprint density at radius 1 is 0.906 bits per heavy atom. The summed E-state index contributed by atoms with van der Waals surface area (Å²) in [6, 6.07) is 21.2. The van der Waals surface area contributed by atoms with Gasteiger partial charge in [-0.2, -0.15) is 0 Å². The minimum absolute atomic E-state index is 0.103. The van der Waals surface area contributed by atoms with Crippen LogP contribution in [0.2, 0.25) is 5.02 Å². The molecule has 3 aromatic rings. The lowest BCUT2D eigenvalue weighted by molar-refractivity contribution is -0.122. The maximum absolute atomic E-state index is 12.9. The van der Waals surface area contributed by atoms with Crippen LogP contribution in [0.3, 0.4) is 0 Å². The topological polar surface area (TPSA) is 78.5 Å². The van der Waals surface area contributed by atoms with Gasteiger partial charge < -0.3 is 15.5 Å². The van der Waals surface area contributed by atoms with E-state index in [0.29, 0.717) is 27.6 Å². The SMILES string of the molecule is Cc1ccccc1NC(=O)c1ccccc1NC(=O)[C@@H]1CC(=O)N(c2ccc(Cl)cc2)C1. The van der Waals surface area contributed by atoms with Crippen molar-refractivity contribution in [2.24, 2.45) is 5.92 Å². The lowest BCUT2D eigenvalue weighted by Crippen LogP contribution is -2.28. The Bertz CT molecular complexity index is 1180. The summed E-state index contributed by atoms with van der Waals surface area (Å²) in [5.74, 6) is -1.27. The zero-order valence-corrected chi connectivity index (χ0v) is 18.2. The first-order chi connectivity index (χ1) is 15.4. The fourth-order valence-corrected chi connectivity index (χ4v) is 3.81. The first-order valence-electron chi connectivity index (χ1n) is 10.2. The molecular weight excluding hydrogens is 426 g/mol. The molecule has 0 aliphatic carbocycles. The fourth-order valence-electron chi connectivity index (χ4n) is 3.68. The molecule has 3 aromatic carbocycles. The van der Waals surface area contributed by atoms with Gasteiger partial charge in [0.2, 0.25) is 11.8 Å². The monoisotopic (exact) mass is 447 g/mol. The number of amides is 3. The van der Waals surface area contributed by atoms with E-state index < -0.39 is 5.92 Å². The summed E-state index contributed by atoms with van der Waals surface area (Å²) < 4.78 is 0. The molecular formula is C25H22ClN3O3. The number of nitrogens with zero attached hydrogens (tertiary/aromatic N) is 1. The number of nitrogens with one attached hydrogen (secondary N) is 2. The number of hydrogen-bond donors (Lipinski definition) is 2. The van der Waals surface area contributed by atoms with Crippen LogP contribution in [0.25, 0.3) is 0 Å². The van der Waals surface area contributed by atoms with Crippen molar-refractivity contribution in [3.05, 3.63) is 88.9 Å². The lowest BCUT2D eigenvalue weighted by atomic mass is 10.1. The first kappa shape index (κ1) is 21.6. The molecule has 1 saturated heterocycles. The van der Waals surface area contributed by atoms with Crippen LogP contribution < -0.4 is 15.5 Å². The van der Waals surface area contributed by atoms with E-state index in [-0.39, 0.29) is 30.7 Å². The van der Waals surface area contributed by atoms with Crippen LogP contribution >= 0.6 is 11.6 Å². The lowest BCUT2D eigenvalue weighted by Gasteiger charge is -2.17. The number of benzene rings is 3. The zero-order valence-electron chi connectivity index (χ0n) is 17.5. The molecule has 0 spiro atoms. The van der Waals surface area contributed by atoms with Crippen molar-refractivity contribution < 1.29 is 14.4 Å². The maximum Gasteiger partial charge on any atom is 0.257 e. The normalized spacial score (nSPS) is 15.5. The van der Waals surface area contributed by atoms with Gasteiger partial charge in [-0.3, -0.25) is 14.4 Å². The molecule has 1 heterocycles. The van der Waals surface area contributed by atoms with Gasteiger partial charge in [0.25, 0.3) is 5.91 Å². The molecule has 0 bridgehead atoms. The van der Waals surface area contributed by atoms with Crippen LogP contribution in [0.4, 0.5) is 17.1 Å². The summed E-state index contributed by atoms with van der Waals surface area (Å²) in [5.41, 5.74) is 3.10. The van der Waals surface area contributed by atoms with E-state index >= 15 is 0 Å². The second kappa shape index (κ2) is 9.24. The number of carbonyl (C=O) groups is 3. The predicted molar refractivity (Wildman–Crippen MR) is 126 cm³/mol. The van der Waals surface area contributed by atoms with Gasteiger partial charge in [-0.15, -0.1) is 0 Å². The third-order valence-corrected chi connectivity index (χ3v) is 5.71. The van der Waals surface area contributed by atoms with Gasteiger partial charge >= 0.3 is 0 Å². The fraction of sp³-hybridized carbons (Fsp3) is 0.160. The summed E-state index contributed by atoms with van der Waals surface area (Å²) >= 11 is 5.92. The van der Waals surface area contributed by atoms with E-state index in [4.69, 9.17) is 11.6 Å². The minimum atomic E-state index is -0.523. The summed E-state index contributed by atoms with van der Waals surface area (Å²) in [5, 5.41) is 6.30. The van der Waals surface area contributed by atoms with Crippen molar-refractivity contribution in [1.29, 1.82) is 0 Å². The molecule has 1 fully saturated rings. The molecule has 0 unspecified atom stereocenters. The molecule has 32 heavy (non-hydrogen) atoms. The summed E-state index contributed by atoms with van der Waals surface area (Å²) in [4.78, 5) is 39.9. The van der Waals surface area contributed by atoms with Crippen molar-refractivity contribution in [1.82, 2.24) is 0 Å². The average molecular weight is 448 g/mol. The van der Waals surface area contributed by atoms with Gasteiger partial charge in [0.15, 0.2) is 0 Å². The summed E-state index contributed by atoms with van der Waals surface area (Å²) in [6.07, 6.45) is 0.103. The number of rotatable bonds is 5. The summed E-state index contributed by atoms with van der Waals surface area (Å²) in [6.45, 7) is 2.18. The molecule has 0 aromatic heterocycles. The van der Waals surface area contributed by atoms with Crippen LogP contribution in [0, 0.1) is 12.8 Å². The number of hydrogen-bond acceptors (Lipinski definition) is 3. The van der Waals surface area contributed by atoms with Gasteiger partial charge in [-0.05, 0) is 55.0 Å². The van der Waals surface area contributed by atoms with E-state index in [9.17, 15) is 14.4 Å². The number of para-hydroxylation sites is 2. The van der Waals surface area contributed by atoms with Gasteiger partial charge in [0.05, 0.1) is 17.2 Å². The molecule has 7 heteroatoms. The summed E-state index contributed by atoms with van der Waals surface area (Å²) in [7, 11) is 0. The van der Waals surface area contributed by atoms with Crippen LogP contribution in [0.15, 0.2) is 72.8 Å². The van der Waals surface area contributed by atoms with Gasteiger partial charge in [-0.25, -0.2) is 0 Å². The van der Waals surface area contributed by atoms with E-state index in [0.717, 1.165) is 5.56 Å². The third kappa shape index (κ3) is 4.65. The number of carbonyl (C=O) groups excluding carboxylic acids is 3. The second-order valence-electron chi connectivity index (χ2n) is 7.69. The van der Waals surface area contributed by atoms with Crippen molar-refractivity contribution >= 4 is 46.4 Å². The Kier molecular flexibility index (Phi) is 6.23. The van der Waals surface area contributed by atoms with E-state index in [1.165, 1.54) is 0 Å². The standard InChI is InChI=1S/C25H22ClN3O3/c1-16-6-2-4-8-21(16)27-25(32)20-7-3-5-9-22(20)28-24(31)17-14-23(30)29(15-17)19-12-10-18(26)11-13-19/h2-13,17H,14-15H2,1H3,(H,27,32)(H,28,31)/t17-/m1/s1. The third-order valence-electron chi connectivity index (χ3n) is 5.46. The average Bonchev–Trinajstić information content (AvgIpc) is 3.18. The highest BCUT2D eigenvalue weighted by molar-refractivity contribution is 6.30. The number of aryl methyl sites for hydroxylation is 1. The Hall–Kier alpha value is -3.64. The van der Waals surface area contributed by atoms with E-state index in [1.807, 2.05) is 31.2 Å². The molecule has 3 amide bonds. The van der Waals surface area contributed by atoms with Gasteiger partial charge in [0, 0.05) is 29.4 Å². The predicted octanol–water partition coefficient (Wildman–Crippen LogP) is 4.89. The van der Waals surface area contributed by atoms with Gasteiger partial charge in [-0.1, -0.05) is 41.9 Å². The van der Waals surface area contributed by atoms with Crippen molar-refractivity contribution in [3.63, 3.8) is 0 Å². The Labute approximate surface area is 191 Å². The van der Waals surface area contributed by atoms with Gasteiger partial charge in [0.1, 0.15) is 0 Å². The highest BCUT2D eigenvalue weighted by Gasteiger charge is 2.35. The second-order valence-corrected chi connectivity index (χ2v) is 8.12. The molecule has 0 radical (unpaired) electrons.